The van der Waals surface area contributed by atoms with Gasteiger partial charge >= 0.3 is 6.18 Å². The summed E-state index contributed by atoms with van der Waals surface area (Å²) < 4.78 is 37.1. The number of benzene rings is 1. The minimum atomic E-state index is -4.37. The van der Waals surface area contributed by atoms with Crippen LogP contribution in [0, 0.1) is 6.92 Å². The summed E-state index contributed by atoms with van der Waals surface area (Å²) in [5, 5.41) is 2.98. The second-order valence-corrected chi connectivity index (χ2v) is 4.32. The average molecular weight is 288 g/mol. The quantitative estimate of drug-likeness (QED) is 0.858. The van der Waals surface area contributed by atoms with Gasteiger partial charge in [0.1, 0.15) is 6.54 Å². The van der Waals surface area contributed by atoms with Crippen LogP contribution in [0.4, 0.5) is 18.9 Å². The summed E-state index contributed by atoms with van der Waals surface area (Å²) in [4.78, 5) is 12.8. The van der Waals surface area contributed by atoms with Crippen LogP contribution in [0.15, 0.2) is 18.2 Å². The van der Waals surface area contributed by atoms with Crippen LogP contribution in [0.5, 0.6) is 0 Å². The summed E-state index contributed by atoms with van der Waals surface area (Å²) in [5.41, 5.74) is 1.85. The Labute approximate surface area is 116 Å². The van der Waals surface area contributed by atoms with Crippen molar-refractivity contribution in [3.05, 3.63) is 29.3 Å². The van der Waals surface area contributed by atoms with E-state index in [2.05, 4.69) is 5.32 Å². The van der Waals surface area contributed by atoms with E-state index in [1.54, 1.807) is 18.2 Å². The Balaban J connectivity index is 0.000000956. The lowest BCUT2D eigenvalue weighted by molar-refractivity contribution is -0.140. The lowest BCUT2D eigenvalue weighted by Gasteiger charge is -2.21. The molecule has 20 heavy (non-hydrogen) atoms. The number of fused-ring (bicyclic) bond motifs is 1. The number of amides is 1. The number of nitrogens with zero attached hydrogens (tertiary/aromatic N) is 1. The zero-order valence-corrected chi connectivity index (χ0v) is 11.8. The van der Waals surface area contributed by atoms with Crippen LogP contribution < -0.4 is 5.32 Å². The molecule has 3 nitrogen and oxygen atoms in total. The second-order valence-electron chi connectivity index (χ2n) is 4.32. The number of nitrogens with one attached hydrogen (secondary N) is 1. The summed E-state index contributed by atoms with van der Waals surface area (Å²) in [6.07, 6.45) is -4.37. The molecule has 112 valence electrons. The molecule has 1 heterocycles. The van der Waals surface area contributed by atoms with Gasteiger partial charge in [0.25, 0.3) is 5.91 Å². The molecule has 0 aromatic heterocycles. The van der Waals surface area contributed by atoms with E-state index in [-0.39, 0.29) is 6.54 Å². The zero-order valence-electron chi connectivity index (χ0n) is 11.8. The molecule has 0 fully saturated rings. The molecule has 0 saturated heterocycles. The number of hydrogen-bond acceptors (Lipinski definition) is 2. The third kappa shape index (κ3) is 4.15. The molecule has 0 bridgehead atoms. The topological polar surface area (TPSA) is 32.3 Å². The van der Waals surface area contributed by atoms with Crippen LogP contribution in [0.1, 0.15) is 29.8 Å². The highest BCUT2D eigenvalue weighted by molar-refractivity contribution is 6.00. The van der Waals surface area contributed by atoms with E-state index in [0.29, 0.717) is 17.8 Å². The normalized spacial score (nSPS) is 14.7. The molecule has 6 heteroatoms. The predicted octanol–water partition coefficient (Wildman–Crippen LogP) is 3.45. The molecule has 0 unspecified atom stereocenters. The Morgan fingerprint density at radius 3 is 2.55 bits per heavy atom. The molecule has 0 saturated carbocycles. The van der Waals surface area contributed by atoms with Crippen LogP contribution in [-0.2, 0) is 0 Å². The van der Waals surface area contributed by atoms with Crippen molar-refractivity contribution in [1.82, 2.24) is 4.90 Å². The zero-order chi connectivity index (χ0) is 15.3. The van der Waals surface area contributed by atoms with Crippen LogP contribution in [-0.4, -0.2) is 36.6 Å². The van der Waals surface area contributed by atoms with Crippen molar-refractivity contribution in [1.29, 1.82) is 0 Å². The summed E-state index contributed by atoms with van der Waals surface area (Å²) in [6.45, 7) is 5.02. The Kier molecular flexibility index (Phi) is 5.42. The van der Waals surface area contributed by atoms with Gasteiger partial charge in [-0.3, -0.25) is 4.79 Å². The number of anilines is 1. The summed E-state index contributed by atoms with van der Waals surface area (Å²) in [5.74, 6) is -0.577. The largest absolute Gasteiger partial charge is 0.406 e. The van der Waals surface area contributed by atoms with Crippen LogP contribution >= 0.6 is 0 Å². The van der Waals surface area contributed by atoms with Gasteiger partial charge in [-0.1, -0.05) is 19.9 Å². The van der Waals surface area contributed by atoms with Gasteiger partial charge in [-0.25, -0.2) is 0 Å². The minimum Gasteiger partial charge on any atom is -0.383 e. The fourth-order valence-electron chi connectivity index (χ4n) is 1.96. The van der Waals surface area contributed by atoms with Crippen molar-refractivity contribution in [2.75, 3.05) is 25.0 Å². The Bertz CT molecular complexity index is 472. The van der Waals surface area contributed by atoms with E-state index in [1.165, 1.54) is 0 Å². The first-order valence-electron chi connectivity index (χ1n) is 6.57. The lowest BCUT2D eigenvalue weighted by atomic mass is 10.1. The number of aryl methyl sites for hydroxylation is 1. The van der Waals surface area contributed by atoms with Gasteiger partial charge < -0.3 is 10.2 Å². The Hall–Kier alpha value is -1.72. The van der Waals surface area contributed by atoms with E-state index in [1.807, 2.05) is 20.8 Å². The molecule has 1 N–H and O–H groups in total. The number of carbonyl (C=O) groups is 1. The van der Waals surface area contributed by atoms with Gasteiger partial charge in [-0.15, -0.1) is 0 Å². The number of hydrogen-bond donors (Lipinski definition) is 1. The highest BCUT2D eigenvalue weighted by Crippen LogP contribution is 2.24. The highest BCUT2D eigenvalue weighted by Gasteiger charge is 2.34. The SMILES string of the molecule is CC.Cc1ccc2c(c1)NCCN(CC(F)(F)F)C2=O. The van der Waals surface area contributed by atoms with Gasteiger partial charge in [0, 0.05) is 18.8 Å². The first-order chi connectivity index (χ1) is 9.37. The van der Waals surface area contributed by atoms with Crippen molar-refractivity contribution in [3.8, 4) is 0 Å². The molecule has 0 aliphatic carbocycles. The smallest absolute Gasteiger partial charge is 0.383 e. The fraction of sp³-hybridized carbons (Fsp3) is 0.500. The Morgan fingerprint density at radius 1 is 1.30 bits per heavy atom. The molecule has 1 aromatic rings. The Morgan fingerprint density at radius 2 is 1.95 bits per heavy atom. The van der Waals surface area contributed by atoms with Gasteiger partial charge in [0.05, 0.1) is 5.56 Å². The van der Waals surface area contributed by atoms with Gasteiger partial charge in [0.2, 0.25) is 0 Å². The third-order valence-corrected chi connectivity index (χ3v) is 2.76. The van der Waals surface area contributed by atoms with Crippen molar-refractivity contribution in [2.45, 2.75) is 26.9 Å². The molecular weight excluding hydrogens is 269 g/mol. The first kappa shape index (κ1) is 16.3. The third-order valence-electron chi connectivity index (χ3n) is 2.76. The maximum Gasteiger partial charge on any atom is 0.406 e. The molecular formula is C14H19F3N2O. The van der Waals surface area contributed by atoms with Gasteiger partial charge in [-0.2, -0.15) is 13.2 Å². The van der Waals surface area contributed by atoms with E-state index in [0.717, 1.165) is 10.5 Å². The molecule has 1 amide bonds. The fourth-order valence-corrected chi connectivity index (χ4v) is 1.96. The van der Waals surface area contributed by atoms with E-state index < -0.39 is 18.6 Å². The average Bonchev–Trinajstić information content (AvgIpc) is 2.51. The van der Waals surface area contributed by atoms with E-state index >= 15 is 0 Å². The standard InChI is InChI=1S/C12H13F3N2O.C2H6/c1-8-2-3-9-10(6-8)16-4-5-17(11(9)18)7-12(13,14)15;1-2/h2-3,6,16H,4-5,7H2,1H3;1-2H3. The van der Waals surface area contributed by atoms with Gasteiger partial charge in [0.15, 0.2) is 0 Å². The van der Waals surface area contributed by atoms with Crippen LogP contribution in [0.25, 0.3) is 0 Å². The summed E-state index contributed by atoms with van der Waals surface area (Å²) in [6, 6.07) is 5.05. The highest BCUT2D eigenvalue weighted by atomic mass is 19.4. The maximum absolute atomic E-state index is 12.4. The molecule has 0 atom stereocenters. The van der Waals surface area contributed by atoms with E-state index in [9.17, 15) is 18.0 Å². The molecule has 0 spiro atoms. The van der Waals surface area contributed by atoms with Crippen molar-refractivity contribution >= 4 is 11.6 Å². The molecule has 1 aromatic carbocycles. The predicted molar refractivity (Wildman–Crippen MR) is 73.0 cm³/mol. The van der Waals surface area contributed by atoms with Gasteiger partial charge in [-0.05, 0) is 24.6 Å². The summed E-state index contributed by atoms with van der Waals surface area (Å²) >= 11 is 0. The van der Waals surface area contributed by atoms with Crippen molar-refractivity contribution in [3.63, 3.8) is 0 Å². The van der Waals surface area contributed by atoms with E-state index in [4.69, 9.17) is 0 Å². The summed E-state index contributed by atoms with van der Waals surface area (Å²) in [7, 11) is 0. The van der Waals surface area contributed by atoms with Crippen LogP contribution in [0.2, 0.25) is 0 Å². The monoisotopic (exact) mass is 288 g/mol. The van der Waals surface area contributed by atoms with Crippen molar-refractivity contribution in [2.24, 2.45) is 0 Å². The number of halogens is 3. The number of carbonyl (C=O) groups excluding carboxylic acids is 1. The van der Waals surface area contributed by atoms with Crippen molar-refractivity contribution < 1.29 is 18.0 Å². The maximum atomic E-state index is 12.4. The molecule has 0 radical (unpaired) electrons. The first-order valence-corrected chi connectivity index (χ1v) is 6.57. The second kappa shape index (κ2) is 6.63. The molecule has 1 aliphatic rings. The van der Waals surface area contributed by atoms with Crippen LogP contribution in [0.3, 0.4) is 0 Å². The molecule has 1 aliphatic heterocycles. The number of alkyl halides is 3. The minimum absolute atomic E-state index is 0.0477. The molecule has 2 rings (SSSR count). The lowest BCUT2D eigenvalue weighted by Crippen LogP contribution is -2.39. The number of rotatable bonds is 1.